The lowest BCUT2D eigenvalue weighted by Gasteiger charge is -2.52. The van der Waals surface area contributed by atoms with Crippen molar-refractivity contribution in [2.24, 2.45) is 0 Å². The summed E-state index contributed by atoms with van der Waals surface area (Å²) in [4.78, 5) is 25.8. The summed E-state index contributed by atoms with van der Waals surface area (Å²) in [5.74, 6) is 0. The van der Waals surface area contributed by atoms with Gasteiger partial charge >= 0.3 is 6.09 Å². The maximum Gasteiger partial charge on any atom is 0.410 e. The first-order valence-electron chi connectivity index (χ1n) is 14.9. The molecule has 11 nitrogen and oxygen atoms in total. The molecular formula is C30H44N8O3Si. The summed E-state index contributed by atoms with van der Waals surface area (Å²) in [6.45, 7) is 16.8. The molecule has 2 fully saturated rings. The Balaban J connectivity index is 1.23. The van der Waals surface area contributed by atoms with Gasteiger partial charge in [-0.25, -0.2) is 14.8 Å². The number of piperazine rings is 1. The van der Waals surface area contributed by atoms with Gasteiger partial charge in [0.05, 0.1) is 29.9 Å². The molecule has 1 saturated heterocycles. The summed E-state index contributed by atoms with van der Waals surface area (Å²) in [5.41, 5.74) is 1.73. The molecule has 1 aliphatic heterocycles. The molecule has 1 saturated carbocycles. The molecule has 0 spiro atoms. The molecule has 0 aromatic carbocycles. The third-order valence-electron chi connectivity index (χ3n) is 8.25. The van der Waals surface area contributed by atoms with E-state index in [1.165, 1.54) is 0 Å². The zero-order valence-corrected chi connectivity index (χ0v) is 26.8. The van der Waals surface area contributed by atoms with Gasteiger partial charge in [0.2, 0.25) is 0 Å². The van der Waals surface area contributed by atoms with E-state index >= 15 is 0 Å². The number of rotatable bonds is 9. The van der Waals surface area contributed by atoms with Gasteiger partial charge in [-0.15, -0.1) is 0 Å². The molecule has 1 amide bonds. The largest absolute Gasteiger partial charge is 0.444 e. The second-order valence-electron chi connectivity index (χ2n) is 13.9. The van der Waals surface area contributed by atoms with Crippen molar-refractivity contribution in [1.82, 2.24) is 34.1 Å². The molecule has 1 aliphatic carbocycles. The zero-order valence-electron chi connectivity index (χ0n) is 25.8. The van der Waals surface area contributed by atoms with E-state index in [1.807, 2.05) is 54.7 Å². The van der Waals surface area contributed by atoms with Crippen LogP contribution in [0.1, 0.15) is 40.0 Å². The Bertz CT molecular complexity index is 1430. The van der Waals surface area contributed by atoms with Gasteiger partial charge in [-0.1, -0.05) is 19.6 Å². The lowest BCUT2D eigenvalue weighted by molar-refractivity contribution is -0.0268. The van der Waals surface area contributed by atoms with Gasteiger partial charge in [0.25, 0.3) is 0 Å². The van der Waals surface area contributed by atoms with Gasteiger partial charge in [-0.2, -0.15) is 10.4 Å². The van der Waals surface area contributed by atoms with Crippen molar-refractivity contribution in [2.75, 3.05) is 32.8 Å². The fourth-order valence-electron chi connectivity index (χ4n) is 5.81. The quantitative estimate of drug-likeness (QED) is 0.254. The molecule has 0 atom stereocenters. The van der Waals surface area contributed by atoms with Crippen LogP contribution in [0.25, 0.3) is 22.3 Å². The fraction of sp³-hybridized carbons (Fsp3) is 0.633. The van der Waals surface area contributed by atoms with Crippen LogP contribution in [0.15, 0.2) is 31.0 Å². The van der Waals surface area contributed by atoms with Gasteiger partial charge in [0.15, 0.2) is 0 Å². The number of hydrogen-bond donors (Lipinski definition) is 0. The number of nitrogens with zero attached hydrogens (tertiary/aromatic N) is 8. The lowest BCUT2D eigenvalue weighted by atomic mass is 9.70. The van der Waals surface area contributed by atoms with Crippen molar-refractivity contribution in [3.8, 4) is 17.3 Å². The molecule has 0 unspecified atom stereocenters. The van der Waals surface area contributed by atoms with Crippen LogP contribution in [0.4, 0.5) is 4.79 Å². The van der Waals surface area contributed by atoms with E-state index in [-0.39, 0.29) is 11.6 Å². The van der Waals surface area contributed by atoms with Crippen molar-refractivity contribution < 1.29 is 14.3 Å². The first-order valence-corrected chi connectivity index (χ1v) is 18.6. The van der Waals surface area contributed by atoms with E-state index in [0.717, 1.165) is 60.9 Å². The summed E-state index contributed by atoms with van der Waals surface area (Å²) >= 11 is 0. The summed E-state index contributed by atoms with van der Waals surface area (Å²) in [7, 11) is -1.14. The van der Waals surface area contributed by atoms with E-state index in [1.54, 1.807) is 11.2 Å². The van der Waals surface area contributed by atoms with Crippen molar-refractivity contribution >= 4 is 25.2 Å². The van der Waals surface area contributed by atoms with Crippen LogP contribution in [-0.4, -0.2) is 92.7 Å². The van der Waals surface area contributed by atoms with Crippen molar-refractivity contribution in [2.45, 2.75) is 89.6 Å². The minimum atomic E-state index is -1.14. The Labute approximate surface area is 249 Å². The number of hydrogen-bond acceptors (Lipinski definition) is 8. The van der Waals surface area contributed by atoms with Crippen LogP contribution < -0.4 is 0 Å². The molecule has 3 aromatic rings. The highest BCUT2D eigenvalue weighted by Gasteiger charge is 2.49. The molecule has 5 rings (SSSR count). The average Bonchev–Trinajstić information content (AvgIpc) is 3.55. The minimum Gasteiger partial charge on any atom is -0.444 e. The van der Waals surface area contributed by atoms with Gasteiger partial charge in [-0.05, 0) is 45.7 Å². The molecule has 2 aliphatic rings. The van der Waals surface area contributed by atoms with Gasteiger partial charge in [-0.3, -0.25) is 9.58 Å². The minimum absolute atomic E-state index is 0.248. The monoisotopic (exact) mass is 592 g/mol. The smallest absolute Gasteiger partial charge is 0.410 e. The number of carbonyl (C=O) groups excluding carboxylic acids is 1. The fourth-order valence-corrected chi connectivity index (χ4v) is 6.57. The van der Waals surface area contributed by atoms with Crippen LogP contribution in [0.5, 0.6) is 0 Å². The number of ether oxygens (including phenoxy) is 2. The van der Waals surface area contributed by atoms with E-state index in [4.69, 9.17) is 14.6 Å². The van der Waals surface area contributed by atoms with Gasteiger partial charge in [0, 0.05) is 70.2 Å². The lowest BCUT2D eigenvalue weighted by Crippen LogP contribution is -2.60. The topological polar surface area (TPSA) is 114 Å². The van der Waals surface area contributed by atoms with Gasteiger partial charge < -0.3 is 18.9 Å². The molecule has 4 heterocycles. The Morgan fingerprint density at radius 2 is 1.90 bits per heavy atom. The van der Waals surface area contributed by atoms with Gasteiger partial charge in [0.1, 0.15) is 24.3 Å². The van der Waals surface area contributed by atoms with Crippen molar-refractivity contribution in [3.05, 3.63) is 31.0 Å². The van der Waals surface area contributed by atoms with E-state index in [2.05, 4.69) is 40.6 Å². The van der Waals surface area contributed by atoms with Crippen LogP contribution in [0, 0.1) is 11.3 Å². The molecule has 0 bridgehead atoms. The van der Waals surface area contributed by atoms with E-state index in [9.17, 15) is 10.1 Å². The van der Waals surface area contributed by atoms with Crippen LogP contribution >= 0.6 is 0 Å². The Kier molecular flexibility index (Phi) is 8.47. The summed E-state index contributed by atoms with van der Waals surface area (Å²) < 4.78 is 15.5. The second kappa shape index (κ2) is 11.8. The normalized spacial score (nSPS) is 21.7. The zero-order chi connectivity index (χ0) is 30.1. The SMILES string of the molecule is CC(C)(C)OC(=O)N1CCN(C2CC(CC#N)(n3cc(-c4ncnc5c4ccn5COCC[Si](C)(C)C)cn3)C2)CC1. The predicted octanol–water partition coefficient (Wildman–Crippen LogP) is 4.93. The Morgan fingerprint density at radius 1 is 1.17 bits per heavy atom. The highest BCUT2D eigenvalue weighted by Crippen LogP contribution is 2.45. The van der Waals surface area contributed by atoms with Crippen molar-refractivity contribution in [3.63, 3.8) is 0 Å². The molecule has 0 radical (unpaired) electrons. The average molecular weight is 593 g/mol. The predicted molar refractivity (Wildman–Crippen MR) is 163 cm³/mol. The summed E-state index contributed by atoms with van der Waals surface area (Å²) in [6.07, 6.45) is 9.30. The number of nitriles is 1. The molecule has 12 heteroatoms. The third-order valence-corrected chi connectivity index (χ3v) is 9.95. The Hall–Kier alpha value is -3.27. The maximum absolute atomic E-state index is 12.5. The molecule has 3 aromatic heterocycles. The van der Waals surface area contributed by atoms with Crippen molar-refractivity contribution in [1.29, 1.82) is 5.26 Å². The molecule has 226 valence electrons. The van der Waals surface area contributed by atoms with Crippen LogP contribution in [0.3, 0.4) is 0 Å². The maximum atomic E-state index is 12.5. The van der Waals surface area contributed by atoms with E-state index < -0.39 is 13.7 Å². The van der Waals surface area contributed by atoms with Crippen LogP contribution in [0.2, 0.25) is 25.7 Å². The first kappa shape index (κ1) is 30.2. The molecular weight excluding hydrogens is 548 g/mol. The highest BCUT2D eigenvalue weighted by atomic mass is 28.3. The highest BCUT2D eigenvalue weighted by molar-refractivity contribution is 6.76. The number of amides is 1. The van der Waals surface area contributed by atoms with E-state index in [0.29, 0.717) is 32.3 Å². The summed E-state index contributed by atoms with van der Waals surface area (Å²) in [5, 5.41) is 15.4. The molecule has 42 heavy (non-hydrogen) atoms. The standard InChI is InChI=1S/C30H44N8O3Si/c1-29(2,3)41-28(39)36-13-11-35(12-14-36)24-17-30(18-24,8-9-31)38-20-23(19-34-38)26-25-7-10-37(27(25)33-21-32-26)22-40-15-16-42(4,5)6/h7,10,19-21,24H,8,11-18,22H2,1-6H3. The first-order chi connectivity index (χ1) is 19.9. The Morgan fingerprint density at radius 3 is 2.57 bits per heavy atom. The summed E-state index contributed by atoms with van der Waals surface area (Å²) in [6, 6.07) is 5.91. The molecule has 0 N–H and O–H groups in total. The number of carbonyl (C=O) groups is 1. The van der Waals surface area contributed by atoms with Crippen LogP contribution in [-0.2, 0) is 21.7 Å². The second-order valence-corrected chi connectivity index (χ2v) is 19.5. The number of aromatic nitrogens is 5. The third kappa shape index (κ3) is 6.69. The number of fused-ring (bicyclic) bond motifs is 1.